The van der Waals surface area contributed by atoms with Crippen LogP contribution in [0.25, 0.3) is 0 Å². The average molecular weight is 674 g/mol. The van der Waals surface area contributed by atoms with Crippen LogP contribution in [0.15, 0.2) is 24.3 Å². The molecule has 0 aromatic heterocycles. The number of phosphoric acid groups is 1. The van der Waals surface area contributed by atoms with Crippen LogP contribution in [0, 0.1) is 0 Å². The molecule has 0 spiro atoms. The molecule has 0 bridgehead atoms. The molecule has 0 aromatic rings. The summed E-state index contributed by atoms with van der Waals surface area (Å²) >= 11 is 0. The first kappa shape index (κ1) is 43.8. The van der Waals surface area contributed by atoms with Gasteiger partial charge in [0.15, 0.2) is 11.9 Å². The van der Waals surface area contributed by atoms with Crippen LogP contribution in [0.2, 0.25) is 0 Å². The minimum absolute atomic E-state index is 0.0292. The minimum atomic E-state index is -4.69. The van der Waals surface area contributed by atoms with Crippen LogP contribution < -0.4 is 4.89 Å². The molecule has 0 amide bonds. The van der Waals surface area contributed by atoms with Crippen LogP contribution in [0.1, 0.15) is 116 Å². The summed E-state index contributed by atoms with van der Waals surface area (Å²) < 4.78 is 33.1. The molecule has 0 aliphatic rings. The lowest BCUT2D eigenvalue weighted by Gasteiger charge is -2.28. The van der Waals surface area contributed by atoms with Crippen molar-refractivity contribution in [2.75, 3.05) is 47.5 Å². The van der Waals surface area contributed by atoms with Crippen LogP contribution in [-0.4, -0.2) is 82.1 Å². The monoisotopic (exact) mass is 673 g/mol. The maximum Gasteiger partial charge on any atom is 0.306 e. The lowest BCUT2D eigenvalue weighted by atomic mass is 10.1. The van der Waals surface area contributed by atoms with E-state index >= 15 is 0 Å². The van der Waals surface area contributed by atoms with Crippen molar-refractivity contribution in [1.29, 1.82) is 0 Å². The van der Waals surface area contributed by atoms with Crippen LogP contribution >= 0.6 is 7.82 Å². The summed E-state index contributed by atoms with van der Waals surface area (Å²) in [4.78, 5) is 58.8. The van der Waals surface area contributed by atoms with E-state index in [9.17, 15) is 28.6 Å². The van der Waals surface area contributed by atoms with Gasteiger partial charge in [-0.25, -0.2) is 0 Å². The first-order chi connectivity index (χ1) is 21.9. The molecule has 266 valence electrons. The number of carbonyl (C=O) groups excluding carboxylic acids is 4. The topological polar surface area (TPSA) is 145 Å². The third kappa shape index (κ3) is 30.5. The smallest absolute Gasteiger partial charge is 0.306 e. The molecule has 0 saturated carbocycles. The average Bonchev–Trinajstić information content (AvgIpc) is 2.98. The fourth-order valence-electron chi connectivity index (χ4n) is 4.23. The summed E-state index contributed by atoms with van der Waals surface area (Å²) in [5.41, 5.74) is 0. The Hall–Kier alpha value is -2.17. The number of hydrogen-bond donors (Lipinski definition) is 0. The Morgan fingerprint density at radius 2 is 1.35 bits per heavy atom. The van der Waals surface area contributed by atoms with Crippen molar-refractivity contribution in [3.8, 4) is 0 Å². The highest BCUT2D eigenvalue weighted by molar-refractivity contribution is 7.45. The Bertz CT molecular complexity index is 945. The van der Waals surface area contributed by atoms with Gasteiger partial charge in [-0.1, -0.05) is 70.4 Å². The van der Waals surface area contributed by atoms with E-state index in [4.69, 9.17) is 18.5 Å². The summed E-state index contributed by atoms with van der Waals surface area (Å²) in [6.45, 7) is 1.60. The molecule has 0 saturated heterocycles. The van der Waals surface area contributed by atoms with E-state index in [1.807, 2.05) is 21.1 Å². The van der Waals surface area contributed by atoms with E-state index in [-0.39, 0.29) is 44.7 Å². The number of ether oxygens (including phenoxy) is 2. The van der Waals surface area contributed by atoms with Gasteiger partial charge in [-0.05, 0) is 50.7 Å². The van der Waals surface area contributed by atoms with Gasteiger partial charge in [-0.15, -0.1) is 0 Å². The quantitative estimate of drug-likeness (QED) is 0.0159. The molecular formula is C34H60NO10P. The van der Waals surface area contributed by atoms with Crippen LogP contribution in [0.3, 0.4) is 0 Å². The molecule has 0 fully saturated rings. The van der Waals surface area contributed by atoms with Crippen molar-refractivity contribution in [2.45, 2.75) is 122 Å². The van der Waals surface area contributed by atoms with Gasteiger partial charge in [0.1, 0.15) is 26.0 Å². The van der Waals surface area contributed by atoms with Crippen LogP contribution in [0.4, 0.5) is 0 Å². The van der Waals surface area contributed by atoms with Gasteiger partial charge < -0.3 is 27.9 Å². The van der Waals surface area contributed by atoms with Crippen molar-refractivity contribution in [3.05, 3.63) is 24.3 Å². The number of nitrogens with zero attached hydrogens (tertiary/aromatic N) is 1. The number of hydrogen-bond acceptors (Lipinski definition) is 10. The zero-order valence-electron chi connectivity index (χ0n) is 28.8. The standard InChI is InChI=1S/C34H60NO10P/c1-5-6-7-8-9-10-11-12-13-14-15-16-17-18-19-24-33(38)42-29-32(30-44-46(40,41)43-28-26-35(2,3)4)45-34(39)25-20-22-31(37)23-21-27-36/h12-13,21,23,27,32H,5-11,14-20,22,24-26,28-30H2,1-4H3/b13-12-,23-21+/t32-/m1/s1. The number of likely N-dealkylation sites (N-methyl/N-ethyl adjacent to an activating group) is 1. The lowest BCUT2D eigenvalue weighted by molar-refractivity contribution is -0.870. The maximum absolute atomic E-state index is 12.3. The lowest BCUT2D eigenvalue weighted by Crippen LogP contribution is -2.37. The number of allylic oxidation sites excluding steroid dienone is 4. The van der Waals surface area contributed by atoms with E-state index in [1.54, 1.807) is 0 Å². The van der Waals surface area contributed by atoms with Gasteiger partial charge in [-0.3, -0.25) is 23.7 Å². The van der Waals surface area contributed by atoms with Gasteiger partial charge in [0, 0.05) is 19.3 Å². The molecule has 0 rings (SSSR count). The van der Waals surface area contributed by atoms with Crippen LogP contribution in [-0.2, 0) is 42.3 Å². The highest BCUT2D eigenvalue weighted by Crippen LogP contribution is 2.38. The zero-order chi connectivity index (χ0) is 34.5. The number of esters is 2. The summed E-state index contributed by atoms with van der Waals surface area (Å²) in [5, 5.41) is 0. The molecule has 11 nitrogen and oxygen atoms in total. The first-order valence-corrected chi connectivity index (χ1v) is 18.4. The number of carbonyl (C=O) groups is 4. The van der Waals surface area contributed by atoms with Crippen molar-refractivity contribution in [3.63, 3.8) is 0 Å². The molecule has 0 radical (unpaired) electrons. The van der Waals surface area contributed by atoms with Crippen molar-refractivity contribution >= 4 is 31.8 Å². The van der Waals surface area contributed by atoms with Gasteiger partial charge >= 0.3 is 11.9 Å². The Labute approximate surface area is 277 Å². The third-order valence-corrected chi connectivity index (χ3v) is 7.93. The predicted molar refractivity (Wildman–Crippen MR) is 177 cm³/mol. The second-order valence-electron chi connectivity index (χ2n) is 12.5. The van der Waals surface area contributed by atoms with Crippen molar-refractivity contribution in [1.82, 2.24) is 0 Å². The van der Waals surface area contributed by atoms with Gasteiger partial charge in [0.05, 0.1) is 27.7 Å². The van der Waals surface area contributed by atoms with Crippen molar-refractivity contribution in [2.24, 2.45) is 0 Å². The largest absolute Gasteiger partial charge is 0.756 e. The summed E-state index contributed by atoms with van der Waals surface area (Å²) in [7, 11) is 0.954. The Kier molecular flexibility index (Phi) is 26.6. The number of unbranched alkanes of at least 4 members (excludes halogenated alkanes) is 11. The molecule has 0 N–H and O–H groups in total. The van der Waals surface area contributed by atoms with Crippen LogP contribution in [0.5, 0.6) is 0 Å². The SMILES string of the molecule is CCCCCCCC/C=C\CCCCCCCC(=O)OC[C@H](COP(=O)([O-])OCC[N+](C)(C)C)OC(=O)CCCC(=O)/C=C/C=O. The normalized spacial score (nSPS) is 13.9. The van der Waals surface area contributed by atoms with E-state index < -0.39 is 32.5 Å². The molecule has 0 aliphatic carbocycles. The minimum Gasteiger partial charge on any atom is -0.756 e. The van der Waals surface area contributed by atoms with Gasteiger partial charge in [0.25, 0.3) is 7.82 Å². The second-order valence-corrected chi connectivity index (χ2v) is 13.9. The van der Waals surface area contributed by atoms with Crippen molar-refractivity contribution < 1.29 is 51.6 Å². The Morgan fingerprint density at radius 1 is 0.761 bits per heavy atom. The second kappa shape index (κ2) is 27.9. The highest BCUT2D eigenvalue weighted by Gasteiger charge is 2.21. The molecule has 46 heavy (non-hydrogen) atoms. The first-order valence-electron chi connectivity index (χ1n) is 16.9. The van der Waals surface area contributed by atoms with Gasteiger partial charge in [-0.2, -0.15) is 0 Å². The Morgan fingerprint density at radius 3 is 1.96 bits per heavy atom. The fraction of sp³-hybridized carbons (Fsp3) is 0.765. The fourth-order valence-corrected chi connectivity index (χ4v) is 4.96. The van der Waals surface area contributed by atoms with E-state index in [0.717, 1.165) is 50.7 Å². The molecule has 12 heteroatoms. The number of quaternary nitrogens is 1. The molecule has 1 unspecified atom stereocenters. The number of ketones is 1. The Balaban J connectivity index is 4.46. The molecular weight excluding hydrogens is 613 g/mol. The molecule has 0 aromatic carbocycles. The highest BCUT2D eigenvalue weighted by atomic mass is 31.2. The third-order valence-electron chi connectivity index (χ3n) is 6.97. The van der Waals surface area contributed by atoms with E-state index in [2.05, 4.69) is 19.1 Å². The molecule has 2 atom stereocenters. The predicted octanol–water partition coefficient (Wildman–Crippen LogP) is 6.18. The zero-order valence-corrected chi connectivity index (χ0v) is 29.7. The van der Waals surface area contributed by atoms with Gasteiger partial charge in [0.2, 0.25) is 0 Å². The van der Waals surface area contributed by atoms with E-state index in [1.165, 1.54) is 38.5 Å². The number of phosphoric ester groups is 1. The summed E-state index contributed by atoms with van der Waals surface area (Å²) in [5.74, 6) is -1.50. The van der Waals surface area contributed by atoms with E-state index in [0.29, 0.717) is 23.7 Å². The molecule has 0 heterocycles. The molecule has 0 aliphatic heterocycles. The number of rotatable bonds is 31. The summed E-state index contributed by atoms with van der Waals surface area (Å²) in [6.07, 6.45) is 21.2. The number of aldehydes is 1. The maximum atomic E-state index is 12.3. The summed E-state index contributed by atoms with van der Waals surface area (Å²) in [6, 6.07) is 0.